The van der Waals surface area contributed by atoms with E-state index in [0.717, 1.165) is 28.7 Å². The molecular weight excluding hydrogens is 424 g/mol. The predicted molar refractivity (Wildman–Crippen MR) is 151 cm³/mol. The molecule has 0 amide bonds. The van der Waals surface area contributed by atoms with E-state index >= 15 is 0 Å². The molecule has 0 saturated carbocycles. The van der Waals surface area contributed by atoms with Crippen molar-refractivity contribution < 1.29 is 4.42 Å². The molecule has 0 fully saturated rings. The largest absolute Gasteiger partial charge is 0.456 e. The summed E-state index contributed by atoms with van der Waals surface area (Å²) >= 11 is 0. The maximum Gasteiger partial charge on any atom is 0.135 e. The number of hydrogen-bond acceptors (Lipinski definition) is 1. The van der Waals surface area contributed by atoms with Crippen LogP contribution < -0.4 is 0 Å². The van der Waals surface area contributed by atoms with E-state index in [1.165, 1.54) is 39.0 Å². The van der Waals surface area contributed by atoms with Crippen LogP contribution in [-0.4, -0.2) is 0 Å². The second-order valence-corrected chi connectivity index (χ2v) is 9.58. The van der Waals surface area contributed by atoms with Gasteiger partial charge >= 0.3 is 0 Å². The fourth-order valence-corrected chi connectivity index (χ4v) is 4.66. The topological polar surface area (TPSA) is 13.1 Å². The monoisotopic (exact) mass is 456 g/mol. The van der Waals surface area contributed by atoms with Crippen molar-refractivity contribution in [3.8, 4) is 22.5 Å². The lowest BCUT2D eigenvalue weighted by molar-refractivity contribution is 0.631. The van der Waals surface area contributed by atoms with Crippen LogP contribution in [0.5, 0.6) is 0 Å². The maximum atomic E-state index is 6.26. The molecule has 1 unspecified atom stereocenters. The van der Waals surface area contributed by atoms with Crippen molar-refractivity contribution in [3.05, 3.63) is 119 Å². The molecule has 1 aromatic heterocycles. The Morgan fingerprint density at radius 1 is 0.800 bits per heavy atom. The molecule has 174 valence electrons. The highest BCUT2D eigenvalue weighted by molar-refractivity contribution is 5.88. The van der Waals surface area contributed by atoms with Crippen molar-refractivity contribution in [1.29, 1.82) is 0 Å². The summed E-state index contributed by atoms with van der Waals surface area (Å²) in [4.78, 5) is 0. The number of para-hydroxylation sites is 1. The second-order valence-electron chi connectivity index (χ2n) is 9.58. The quantitative estimate of drug-likeness (QED) is 0.232. The van der Waals surface area contributed by atoms with Gasteiger partial charge in [-0.1, -0.05) is 92.2 Å². The summed E-state index contributed by atoms with van der Waals surface area (Å²) in [6, 6.07) is 34.7. The van der Waals surface area contributed by atoms with Gasteiger partial charge in [-0.25, -0.2) is 0 Å². The van der Waals surface area contributed by atoms with E-state index in [2.05, 4.69) is 119 Å². The van der Waals surface area contributed by atoms with Crippen molar-refractivity contribution in [3.63, 3.8) is 0 Å². The highest BCUT2D eigenvalue weighted by Gasteiger charge is 2.12. The third-order valence-electron chi connectivity index (χ3n) is 6.99. The zero-order valence-corrected chi connectivity index (χ0v) is 21.0. The van der Waals surface area contributed by atoms with Gasteiger partial charge in [0.2, 0.25) is 0 Å². The molecule has 5 aromatic rings. The normalized spacial score (nSPS) is 12.7. The highest BCUT2D eigenvalue weighted by Crippen LogP contribution is 2.35. The zero-order valence-electron chi connectivity index (χ0n) is 21.0. The second kappa shape index (κ2) is 9.80. The van der Waals surface area contributed by atoms with E-state index in [4.69, 9.17) is 4.42 Å². The van der Waals surface area contributed by atoms with Crippen LogP contribution in [0.4, 0.5) is 0 Å². The molecule has 1 heteroatoms. The molecule has 5 rings (SSSR count). The van der Waals surface area contributed by atoms with Crippen LogP contribution in [0.1, 0.15) is 55.4 Å². The summed E-state index contributed by atoms with van der Waals surface area (Å²) in [6.45, 7) is 8.90. The van der Waals surface area contributed by atoms with E-state index in [-0.39, 0.29) is 0 Å². The Bertz CT molecular complexity index is 1460. The minimum Gasteiger partial charge on any atom is -0.456 e. The van der Waals surface area contributed by atoms with Crippen LogP contribution in [0.25, 0.3) is 45.1 Å². The number of benzene rings is 4. The Hall–Kier alpha value is -3.84. The predicted octanol–water partition coefficient (Wildman–Crippen LogP) is 10.1. The van der Waals surface area contributed by atoms with Gasteiger partial charge in [0.15, 0.2) is 0 Å². The van der Waals surface area contributed by atoms with Crippen molar-refractivity contribution in [2.24, 2.45) is 0 Å². The van der Waals surface area contributed by atoms with E-state index in [1.54, 1.807) is 0 Å². The van der Waals surface area contributed by atoms with Gasteiger partial charge in [0.05, 0.1) is 0 Å². The first-order valence-corrected chi connectivity index (χ1v) is 12.5. The van der Waals surface area contributed by atoms with E-state index in [9.17, 15) is 0 Å². The molecule has 0 N–H and O–H groups in total. The van der Waals surface area contributed by atoms with Gasteiger partial charge < -0.3 is 4.42 Å². The van der Waals surface area contributed by atoms with E-state index < -0.39 is 0 Å². The summed E-state index contributed by atoms with van der Waals surface area (Å²) < 4.78 is 6.26. The summed E-state index contributed by atoms with van der Waals surface area (Å²) in [5, 5.41) is 1.12. The molecule has 0 aliphatic rings. The minimum absolute atomic E-state index is 0.528. The van der Waals surface area contributed by atoms with Crippen molar-refractivity contribution in [2.75, 3.05) is 0 Å². The van der Waals surface area contributed by atoms with Crippen LogP contribution >= 0.6 is 0 Å². The lowest BCUT2D eigenvalue weighted by Gasteiger charge is -2.14. The first-order chi connectivity index (χ1) is 17.0. The number of fused-ring (bicyclic) bond motifs is 1. The standard InChI is InChI=1S/C34H32O/c1-5-24(3)32-12-8-6-10-27(32)18-25(4)29-19-30(26-16-14-23(2)15-17-26)21-31(20-29)34-22-28-11-7-9-13-33(28)35-34/h6-22,24H,5H2,1-4H3/b25-18+. The first-order valence-electron chi connectivity index (χ1n) is 12.5. The number of hydrogen-bond donors (Lipinski definition) is 0. The Morgan fingerprint density at radius 2 is 1.51 bits per heavy atom. The minimum atomic E-state index is 0.528. The van der Waals surface area contributed by atoms with E-state index in [1.807, 2.05) is 12.1 Å². The number of furan rings is 1. The lowest BCUT2D eigenvalue weighted by Crippen LogP contribution is -1.95. The maximum absolute atomic E-state index is 6.26. The SMILES string of the molecule is CCC(C)c1ccccc1/C=C(\C)c1cc(-c2ccc(C)cc2)cc(-c2cc3ccccc3o2)c1. The smallest absolute Gasteiger partial charge is 0.135 e. The molecule has 1 atom stereocenters. The zero-order chi connectivity index (χ0) is 24.4. The first kappa shape index (κ1) is 22.9. The fourth-order valence-electron chi connectivity index (χ4n) is 4.66. The highest BCUT2D eigenvalue weighted by atomic mass is 16.3. The van der Waals surface area contributed by atoms with Gasteiger partial charge in [-0.2, -0.15) is 0 Å². The summed E-state index contributed by atoms with van der Waals surface area (Å²) in [5.41, 5.74) is 10.8. The molecular formula is C34H32O. The van der Waals surface area contributed by atoms with Gasteiger partial charge in [-0.05, 0) is 89.9 Å². The van der Waals surface area contributed by atoms with Gasteiger partial charge in [0.1, 0.15) is 11.3 Å². The Kier molecular flexibility index (Phi) is 6.42. The summed E-state index contributed by atoms with van der Waals surface area (Å²) in [5.74, 6) is 1.43. The molecule has 1 heterocycles. The molecule has 0 saturated heterocycles. The average molecular weight is 457 g/mol. The third-order valence-corrected chi connectivity index (χ3v) is 6.99. The van der Waals surface area contributed by atoms with Crippen LogP contribution in [0.15, 0.2) is 101 Å². The third kappa shape index (κ3) is 4.86. The fraction of sp³-hybridized carbons (Fsp3) is 0.176. The number of allylic oxidation sites excluding steroid dienone is 1. The summed E-state index contributed by atoms with van der Waals surface area (Å²) in [7, 11) is 0. The van der Waals surface area contributed by atoms with Crippen molar-refractivity contribution >= 4 is 22.6 Å². The van der Waals surface area contributed by atoms with Crippen LogP contribution in [-0.2, 0) is 0 Å². The molecule has 0 spiro atoms. The Morgan fingerprint density at radius 3 is 2.29 bits per heavy atom. The lowest BCUT2D eigenvalue weighted by atomic mass is 9.91. The number of rotatable bonds is 6. The number of aryl methyl sites for hydroxylation is 1. The summed E-state index contributed by atoms with van der Waals surface area (Å²) in [6.07, 6.45) is 3.46. The van der Waals surface area contributed by atoms with Gasteiger partial charge in [-0.3, -0.25) is 0 Å². The molecule has 4 aromatic carbocycles. The average Bonchev–Trinajstić information content (AvgIpc) is 3.33. The van der Waals surface area contributed by atoms with Crippen LogP contribution in [0, 0.1) is 6.92 Å². The Labute approximate surface area is 208 Å². The van der Waals surface area contributed by atoms with Crippen LogP contribution in [0.3, 0.4) is 0 Å². The van der Waals surface area contributed by atoms with Gasteiger partial charge in [0, 0.05) is 10.9 Å². The Balaban J connectivity index is 1.65. The molecule has 0 bridgehead atoms. The van der Waals surface area contributed by atoms with Crippen molar-refractivity contribution in [1.82, 2.24) is 0 Å². The van der Waals surface area contributed by atoms with Crippen molar-refractivity contribution in [2.45, 2.75) is 40.0 Å². The molecule has 0 radical (unpaired) electrons. The molecule has 0 aliphatic heterocycles. The van der Waals surface area contributed by atoms with Gasteiger partial charge in [0.25, 0.3) is 0 Å². The molecule has 1 nitrogen and oxygen atoms in total. The van der Waals surface area contributed by atoms with E-state index in [0.29, 0.717) is 5.92 Å². The molecule has 35 heavy (non-hydrogen) atoms. The van der Waals surface area contributed by atoms with Gasteiger partial charge in [-0.15, -0.1) is 0 Å². The van der Waals surface area contributed by atoms with Crippen LogP contribution in [0.2, 0.25) is 0 Å². The molecule has 0 aliphatic carbocycles.